The van der Waals surface area contributed by atoms with Crippen LogP contribution in [0.4, 0.5) is 55.3 Å². The predicted octanol–water partition coefficient (Wildman–Crippen LogP) is 6.87. The molecule has 2 aromatic rings. The van der Waals surface area contributed by atoms with Crippen molar-refractivity contribution in [3.05, 3.63) is 58.2 Å². The molecule has 0 amide bonds. The van der Waals surface area contributed by atoms with E-state index in [-0.39, 0.29) is 0 Å². The van der Waals surface area contributed by atoms with E-state index < -0.39 is 83.2 Å². The summed E-state index contributed by atoms with van der Waals surface area (Å²) in [5.74, 6) is -24.8. The van der Waals surface area contributed by atoms with E-state index >= 15 is 0 Å². The monoisotopic (exact) mass is 530 g/mol. The number of hydrogen-bond acceptors (Lipinski definition) is 2. The van der Waals surface area contributed by atoms with Gasteiger partial charge in [-0.15, -0.1) is 0 Å². The first-order chi connectivity index (χ1) is 12.3. The molecule has 0 radical (unpaired) electrons. The summed E-state index contributed by atoms with van der Waals surface area (Å²) >= 11 is -5.73. The van der Waals surface area contributed by atoms with Crippen LogP contribution in [0.1, 0.15) is 0 Å². The molecule has 0 aliphatic rings. The number of hydrogen-bond donors (Lipinski definition) is 0. The summed E-state index contributed by atoms with van der Waals surface area (Å²) in [6.45, 7) is 0. The van der Waals surface area contributed by atoms with Crippen LogP contribution in [0.2, 0.25) is 0 Å². The van der Waals surface area contributed by atoms with E-state index in [2.05, 4.69) is 6.99 Å². The zero-order valence-corrected chi connectivity index (χ0v) is 15.4. The summed E-state index contributed by atoms with van der Waals surface area (Å²) in [4.78, 5) is 0. The fourth-order valence-electron chi connectivity index (χ4n) is 1.59. The Morgan fingerprint density at radius 2 is 0.593 bits per heavy atom. The molecule has 2 rings (SSSR count). The third-order valence-electron chi connectivity index (χ3n) is 2.78. The zero-order chi connectivity index (χ0) is 20.8. The van der Waals surface area contributed by atoms with Gasteiger partial charge in [-0.25, -0.2) is 0 Å². The second-order valence-electron chi connectivity index (χ2n) is 4.44. The van der Waals surface area contributed by atoms with Crippen LogP contribution >= 0.6 is 18.8 Å². The van der Waals surface area contributed by atoms with Gasteiger partial charge in [0.2, 0.25) is 0 Å². The van der Waals surface area contributed by atoms with Crippen LogP contribution in [0, 0.1) is 58.2 Å². The minimum absolute atomic E-state index is 1.91. The first-order valence-corrected chi connectivity index (χ1v) is 13.0. The molecule has 0 aromatic heterocycles. The van der Waals surface area contributed by atoms with Gasteiger partial charge in [0, 0.05) is 0 Å². The van der Waals surface area contributed by atoms with Crippen molar-refractivity contribution in [3.8, 4) is 0 Å². The van der Waals surface area contributed by atoms with Crippen LogP contribution in [-0.2, 0) is 13.6 Å². The van der Waals surface area contributed by atoms with E-state index in [1.54, 1.807) is 0 Å². The molecule has 0 N–H and O–H groups in total. The van der Waals surface area contributed by atoms with Gasteiger partial charge in [0.05, 0.1) is 0 Å². The first kappa shape index (κ1) is 21.9. The van der Waals surface area contributed by atoms with Crippen LogP contribution in [0.5, 0.6) is 0 Å². The van der Waals surface area contributed by atoms with Crippen molar-refractivity contribution in [2.24, 2.45) is 6.99 Å². The van der Waals surface area contributed by atoms with E-state index in [0.29, 0.717) is 0 Å². The fraction of sp³-hybridized carbons (Fsp3) is 0. The Morgan fingerprint density at radius 3 is 0.815 bits per heavy atom. The van der Waals surface area contributed by atoms with Crippen molar-refractivity contribution < 1.29 is 57.5 Å². The van der Waals surface area contributed by atoms with E-state index in [9.17, 15) is 43.9 Å². The van der Waals surface area contributed by atoms with E-state index in [4.69, 9.17) is 18.8 Å². The summed E-state index contributed by atoms with van der Waals surface area (Å²) < 4.78 is 138. The number of rotatable bonds is 2. The van der Waals surface area contributed by atoms with Crippen LogP contribution < -0.4 is 0 Å². The molecule has 2 nitrogen and oxygen atoms in total. The van der Waals surface area contributed by atoms with Gasteiger partial charge in [-0.1, -0.05) is 0 Å². The molecule has 0 unspecified atom stereocenters. The number of benzene rings is 2. The molecule has 0 heterocycles. The Morgan fingerprint density at radius 1 is 0.407 bits per heavy atom. The first-order valence-electron chi connectivity index (χ1n) is 6.01. The maximum atomic E-state index is 13.6. The molecule has 0 aliphatic heterocycles. The average Bonchev–Trinajstić information content (AvgIpc) is 2.62. The molecule has 15 heteroatoms. The average molecular weight is 529 g/mol. The Hall–Kier alpha value is -1.39. The zero-order valence-electron chi connectivity index (χ0n) is 11.8. The van der Waals surface area contributed by atoms with Gasteiger partial charge >= 0.3 is 153 Å². The van der Waals surface area contributed by atoms with Crippen LogP contribution in [0.3, 0.4) is 0 Å². The van der Waals surface area contributed by atoms with Crippen molar-refractivity contribution in [3.63, 3.8) is 0 Å². The SMILES string of the molecule is Fc1c(F)c(F)c([N]=[Mo]([Cl])([Cl])=[N]c2c(F)c(F)c(F)c(F)c2F)c(F)c1F. The molecular weight excluding hydrogens is 529 g/mol. The Bertz CT molecular complexity index is 947. The van der Waals surface area contributed by atoms with Crippen molar-refractivity contribution in [2.75, 3.05) is 0 Å². The summed E-state index contributed by atoms with van der Waals surface area (Å²) in [7, 11) is 10.9. The molecule has 0 aliphatic carbocycles. The molecule has 2 aromatic carbocycles. The van der Waals surface area contributed by atoms with E-state index in [0.717, 1.165) is 0 Å². The third-order valence-corrected chi connectivity index (χ3v) is 6.39. The van der Waals surface area contributed by atoms with Crippen LogP contribution in [0.15, 0.2) is 6.99 Å². The molecule has 0 atom stereocenters. The second-order valence-corrected chi connectivity index (χ2v) is 13.4. The van der Waals surface area contributed by atoms with Crippen molar-refractivity contribution >= 4 is 30.2 Å². The third kappa shape index (κ3) is 3.93. The van der Waals surface area contributed by atoms with Gasteiger partial charge in [-0.2, -0.15) is 0 Å². The van der Waals surface area contributed by atoms with Gasteiger partial charge in [-0.3, -0.25) is 0 Å². The van der Waals surface area contributed by atoms with Gasteiger partial charge in [-0.05, 0) is 0 Å². The fourth-order valence-corrected chi connectivity index (χ4v) is 5.19. The molecule has 0 spiro atoms. The molecule has 0 bridgehead atoms. The van der Waals surface area contributed by atoms with Crippen molar-refractivity contribution in [1.29, 1.82) is 0 Å². The topological polar surface area (TPSA) is 24.7 Å². The Kier molecular flexibility index (Phi) is 6.13. The van der Waals surface area contributed by atoms with Gasteiger partial charge in [0.25, 0.3) is 0 Å². The van der Waals surface area contributed by atoms with Gasteiger partial charge in [0.15, 0.2) is 0 Å². The Labute approximate surface area is 153 Å². The normalized spacial score (nSPS) is 11.7. The summed E-state index contributed by atoms with van der Waals surface area (Å²) in [6, 6.07) is 0. The second kappa shape index (κ2) is 7.55. The standard InChI is InChI=1S/2C6F5N.2ClH.Mo/c2*7-1-2(8)4(10)6(12)5(11)3(1)9;;;/h;;2*1H;/q;;;;+2/p-2. The molecule has 0 fully saturated rings. The number of nitrogens with zero attached hydrogens (tertiary/aromatic N) is 2. The summed E-state index contributed by atoms with van der Waals surface area (Å²) in [5.41, 5.74) is -3.82. The van der Waals surface area contributed by atoms with Crippen molar-refractivity contribution in [2.45, 2.75) is 0 Å². The van der Waals surface area contributed by atoms with Crippen LogP contribution in [-0.4, -0.2) is 0 Å². The molecule has 0 saturated heterocycles. The van der Waals surface area contributed by atoms with Crippen molar-refractivity contribution in [1.82, 2.24) is 0 Å². The minimum atomic E-state index is -5.73. The molecular formula is C12Cl2F10MoN2. The molecule has 27 heavy (non-hydrogen) atoms. The predicted molar refractivity (Wildman–Crippen MR) is 68.3 cm³/mol. The summed E-state index contributed by atoms with van der Waals surface area (Å²) in [5, 5.41) is 0. The van der Waals surface area contributed by atoms with Gasteiger partial charge < -0.3 is 0 Å². The van der Waals surface area contributed by atoms with Gasteiger partial charge in [0.1, 0.15) is 0 Å². The van der Waals surface area contributed by atoms with Crippen LogP contribution in [0.25, 0.3) is 0 Å². The Balaban J connectivity index is 2.86. The maximum absolute atomic E-state index is 13.6. The molecule has 148 valence electrons. The number of halogens is 12. The molecule has 0 saturated carbocycles. The quantitative estimate of drug-likeness (QED) is 0.176. The van der Waals surface area contributed by atoms with E-state index in [1.807, 2.05) is 0 Å². The van der Waals surface area contributed by atoms with E-state index in [1.165, 1.54) is 0 Å². The summed E-state index contributed by atoms with van der Waals surface area (Å²) in [6.07, 6.45) is 0.